The van der Waals surface area contributed by atoms with Gasteiger partial charge in [0, 0.05) is 6.07 Å². The molecule has 3 rings (SSSR count). The molecule has 0 spiro atoms. The minimum atomic E-state index is -0.734. The Morgan fingerprint density at radius 1 is 1.33 bits per heavy atom. The molecule has 1 aromatic heterocycles. The average molecular weight is 294 g/mol. The Balaban J connectivity index is 1.88. The second kappa shape index (κ2) is 5.02. The van der Waals surface area contributed by atoms with Crippen molar-refractivity contribution in [2.75, 3.05) is 23.4 Å². The molecule has 0 aliphatic carbocycles. The molecule has 21 heavy (non-hydrogen) atoms. The number of hydrogen-bond acceptors (Lipinski definition) is 7. The van der Waals surface area contributed by atoms with E-state index < -0.39 is 18.0 Å². The van der Waals surface area contributed by atoms with Gasteiger partial charge in [-0.05, 0) is 13.1 Å². The van der Waals surface area contributed by atoms with Crippen molar-refractivity contribution in [3.63, 3.8) is 0 Å². The lowest BCUT2D eigenvalue weighted by Gasteiger charge is -2.08. The van der Waals surface area contributed by atoms with Crippen LogP contribution in [0.3, 0.4) is 0 Å². The number of nitrogens with one attached hydrogen (secondary N) is 3. The van der Waals surface area contributed by atoms with Crippen LogP contribution >= 0.6 is 0 Å². The number of aromatic nitrogens is 2. The van der Waals surface area contributed by atoms with Gasteiger partial charge in [-0.2, -0.15) is 4.98 Å². The third kappa shape index (κ3) is 2.50. The molecule has 1 unspecified atom stereocenters. The zero-order chi connectivity index (χ0) is 15.0. The molecule has 1 aromatic carbocycles. The SMILES string of the molecule is CNC1Nc2cc(Nc3ncc(F)c(N)n3)c(F)cc2O1. The second-order valence-corrected chi connectivity index (χ2v) is 4.31. The lowest BCUT2D eigenvalue weighted by Crippen LogP contribution is -2.34. The van der Waals surface area contributed by atoms with E-state index in [-0.39, 0.29) is 17.5 Å². The van der Waals surface area contributed by atoms with Crippen molar-refractivity contribution in [2.24, 2.45) is 0 Å². The van der Waals surface area contributed by atoms with Crippen LogP contribution in [-0.2, 0) is 0 Å². The standard InChI is InChI=1S/C12H12F2N6O/c1-16-12-19-8-3-7(5(13)2-9(8)21-12)18-11-17-4-6(14)10(15)20-11/h2-4,12,16,19H,1H3,(H3,15,17,18,20). The number of halogens is 2. The number of nitrogens with two attached hydrogens (primary N) is 1. The zero-order valence-corrected chi connectivity index (χ0v) is 10.9. The van der Waals surface area contributed by atoms with Gasteiger partial charge in [-0.15, -0.1) is 0 Å². The Morgan fingerprint density at radius 2 is 2.14 bits per heavy atom. The van der Waals surface area contributed by atoms with E-state index in [0.29, 0.717) is 11.4 Å². The molecule has 1 atom stereocenters. The van der Waals surface area contributed by atoms with E-state index in [0.717, 1.165) is 6.20 Å². The fourth-order valence-corrected chi connectivity index (χ4v) is 1.85. The molecule has 1 aliphatic heterocycles. The average Bonchev–Trinajstić information content (AvgIpc) is 2.85. The fraction of sp³-hybridized carbons (Fsp3) is 0.167. The van der Waals surface area contributed by atoms with Gasteiger partial charge < -0.3 is 21.1 Å². The van der Waals surface area contributed by atoms with Crippen molar-refractivity contribution >= 4 is 23.1 Å². The number of benzene rings is 1. The summed E-state index contributed by atoms with van der Waals surface area (Å²) in [5.41, 5.74) is 6.06. The Labute approximate surface area is 118 Å². The van der Waals surface area contributed by atoms with Gasteiger partial charge in [0.1, 0.15) is 5.75 Å². The molecule has 0 bridgehead atoms. The van der Waals surface area contributed by atoms with Crippen LogP contribution in [0.2, 0.25) is 0 Å². The van der Waals surface area contributed by atoms with Gasteiger partial charge in [-0.1, -0.05) is 0 Å². The van der Waals surface area contributed by atoms with Gasteiger partial charge in [-0.25, -0.2) is 13.8 Å². The molecule has 2 aromatic rings. The van der Waals surface area contributed by atoms with Crippen molar-refractivity contribution in [1.29, 1.82) is 0 Å². The highest BCUT2D eigenvalue weighted by Crippen LogP contribution is 2.36. The lowest BCUT2D eigenvalue weighted by atomic mass is 10.2. The van der Waals surface area contributed by atoms with Crippen LogP contribution in [0.4, 0.5) is 31.9 Å². The summed E-state index contributed by atoms with van der Waals surface area (Å²) in [5.74, 6) is -1.22. The van der Waals surface area contributed by atoms with E-state index in [2.05, 4.69) is 25.9 Å². The molecule has 0 amide bonds. The first kappa shape index (κ1) is 13.3. The first-order valence-electron chi connectivity index (χ1n) is 6.06. The quantitative estimate of drug-likeness (QED) is 0.679. The number of nitrogen functional groups attached to an aromatic ring is 1. The van der Waals surface area contributed by atoms with Gasteiger partial charge >= 0.3 is 0 Å². The van der Waals surface area contributed by atoms with E-state index in [9.17, 15) is 8.78 Å². The maximum absolute atomic E-state index is 14.0. The number of anilines is 4. The third-order valence-electron chi connectivity index (χ3n) is 2.88. The summed E-state index contributed by atoms with van der Waals surface area (Å²) in [6.07, 6.45) is 0.487. The predicted molar refractivity (Wildman–Crippen MR) is 73.2 cm³/mol. The van der Waals surface area contributed by atoms with Crippen LogP contribution in [0, 0.1) is 11.6 Å². The van der Waals surface area contributed by atoms with Gasteiger partial charge in [0.25, 0.3) is 0 Å². The smallest absolute Gasteiger partial charge is 0.229 e. The largest absolute Gasteiger partial charge is 0.455 e. The number of hydrogen-bond donors (Lipinski definition) is 4. The summed E-state index contributed by atoms with van der Waals surface area (Å²) in [5, 5.41) is 8.49. The summed E-state index contributed by atoms with van der Waals surface area (Å²) < 4.78 is 32.4. The van der Waals surface area contributed by atoms with Crippen molar-refractivity contribution in [2.45, 2.75) is 6.35 Å². The molecule has 0 radical (unpaired) electrons. The Bertz CT molecular complexity index is 696. The highest BCUT2D eigenvalue weighted by molar-refractivity contribution is 5.70. The van der Waals surface area contributed by atoms with Crippen LogP contribution in [0.5, 0.6) is 5.75 Å². The van der Waals surface area contributed by atoms with Crippen LogP contribution in [0.1, 0.15) is 0 Å². The molecule has 0 saturated heterocycles. The second-order valence-electron chi connectivity index (χ2n) is 4.31. The highest BCUT2D eigenvalue weighted by atomic mass is 19.1. The number of fused-ring (bicyclic) bond motifs is 1. The summed E-state index contributed by atoms with van der Waals surface area (Å²) >= 11 is 0. The molecule has 1 aliphatic rings. The van der Waals surface area contributed by atoms with Gasteiger partial charge in [0.05, 0.1) is 17.6 Å². The Morgan fingerprint density at radius 3 is 2.86 bits per heavy atom. The maximum Gasteiger partial charge on any atom is 0.229 e. The number of rotatable bonds is 3. The van der Waals surface area contributed by atoms with E-state index in [1.54, 1.807) is 7.05 Å². The van der Waals surface area contributed by atoms with E-state index in [4.69, 9.17) is 10.5 Å². The van der Waals surface area contributed by atoms with E-state index in [1.165, 1.54) is 12.1 Å². The van der Waals surface area contributed by atoms with Crippen molar-refractivity contribution < 1.29 is 13.5 Å². The molecule has 2 heterocycles. The lowest BCUT2D eigenvalue weighted by molar-refractivity contribution is 0.223. The van der Waals surface area contributed by atoms with E-state index >= 15 is 0 Å². The van der Waals surface area contributed by atoms with Gasteiger partial charge in [0.15, 0.2) is 17.5 Å². The molecular formula is C12H12F2N6O. The summed E-state index contributed by atoms with van der Waals surface area (Å²) in [6.45, 7) is 0. The molecule has 0 saturated carbocycles. The Hall–Kier alpha value is -2.68. The normalized spacial score (nSPS) is 16.0. The third-order valence-corrected chi connectivity index (χ3v) is 2.88. The molecular weight excluding hydrogens is 282 g/mol. The molecule has 7 nitrogen and oxygen atoms in total. The van der Waals surface area contributed by atoms with Crippen LogP contribution in [-0.4, -0.2) is 23.4 Å². The van der Waals surface area contributed by atoms with E-state index in [1.807, 2.05) is 0 Å². The first-order chi connectivity index (χ1) is 10.1. The topological polar surface area (TPSA) is 97.1 Å². The molecule has 9 heteroatoms. The minimum absolute atomic E-state index is 0.00293. The maximum atomic E-state index is 14.0. The van der Waals surface area contributed by atoms with Crippen LogP contribution in [0.15, 0.2) is 18.3 Å². The summed E-state index contributed by atoms with van der Waals surface area (Å²) in [6, 6.07) is 2.74. The molecule has 5 N–H and O–H groups in total. The number of ether oxygens (including phenoxy) is 1. The van der Waals surface area contributed by atoms with Gasteiger partial charge in [-0.3, -0.25) is 5.32 Å². The predicted octanol–water partition coefficient (Wildman–Crippen LogP) is 1.39. The Kier molecular flexibility index (Phi) is 3.18. The summed E-state index contributed by atoms with van der Waals surface area (Å²) in [4.78, 5) is 7.38. The zero-order valence-electron chi connectivity index (χ0n) is 10.9. The minimum Gasteiger partial charge on any atom is -0.455 e. The van der Waals surface area contributed by atoms with Crippen LogP contribution < -0.4 is 26.4 Å². The van der Waals surface area contributed by atoms with Crippen LogP contribution in [0.25, 0.3) is 0 Å². The number of nitrogens with zero attached hydrogens (tertiary/aromatic N) is 2. The van der Waals surface area contributed by atoms with Crippen molar-refractivity contribution in [3.8, 4) is 5.75 Å². The van der Waals surface area contributed by atoms with Crippen molar-refractivity contribution in [3.05, 3.63) is 30.0 Å². The highest BCUT2D eigenvalue weighted by Gasteiger charge is 2.22. The van der Waals surface area contributed by atoms with Gasteiger partial charge in [0.2, 0.25) is 12.3 Å². The van der Waals surface area contributed by atoms with Crippen molar-refractivity contribution in [1.82, 2.24) is 15.3 Å². The molecule has 0 fully saturated rings. The fourth-order valence-electron chi connectivity index (χ4n) is 1.85. The summed E-state index contributed by atoms with van der Waals surface area (Å²) in [7, 11) is 1.70. The monoisotopic (exact) mass is 294 g/mol. The molecule has 110 valence electrons. The first-order valence-corrected chi connectivity index (χ1v) is 6.06.